The number of hydrogen-bond donors (Lipinski definition) is 0. The smallest absolute Gasteiger partial charge is 0.160 e. The molecule has 0 spiro atoms. The van der Waals surface area contributed by atoms with Gasteiger partial charge in [0.25, 0.3) is 0 Å². The molecule has 0 atom stereocenters. The van der Waals surface area contributed by atoms with Gasteiger partial charge in [0.05, 0.1) is 11.2 Å². The van der Waals surface area contributed by atoms with Crippen molar-refractivity contribution in [2.45, 2.75) is 0 Å². The van der Waals surface area contributed by atoms with Crippen LogP contribution in [0.5, 0.6) is 0 Å². The molecule has 0 radical (unpaired) electrons. The van der Waals surface area contributed by atoms with E-state index in [1.54, 1.807) is 0 Å². The van der Waals surface area contributed by atoms with Gasteiger partial charge in [0.15, 0.2) is 5.82 Å². The molecule has 2 nitrogen and oxygen atoms in total. The van der Waals surface area contributed by atoms with Crippen LogP contribution in [0.15, 0.2) is 206 Å². The Morgan fingerprint density at radius 3 is 1.30 bits per heavy atom. The molecule has 0 saturated carbocycles. The zero-order chi connectivity index (χ0) is 40.0. The van der Waals surface area contributed by atoms with Crippen LogP contribution >= 0.6 is 11.3 Å². The standard InChI is InChI=1S/C58H34N2S/c1-2-12-35(13-3-1)36-22-24-37(25-23-36)38-26-28-39(29-27-38)56-55-47-20-10-8-16-43(47)44-17-9-11-21-48(44)57(55)60-58(59-56)40-30-31-53-51(32-40)52-33-49-45-18-6-4-14-41(45)42-15-5-7-19-46(42)50(49)34-54(52)61-53/h1-34H. The minimum absolute atomic E-state index is 0.724. The average molecular weight is 791 g/mol. The van der Waals surface area contributed by atoms with Gasteiger partial charge in [0, 0.05) is 42.1 Å². The molecule has 0 aliphatic heterocycles. The van der Waals surface area contributed by atoms with E-state index in [1.807, 2.05) is 11.3 Å². The highest BCUT2D eigenvalue weighted by Crippen LogP contribution is 2.44. The van der Waals surface area contributed by atoms with Crippen LogP contribution in [0.25, 0.3) is 130 Å². The summed E-state index contributed by atoms with van der Waals surface area (Å²) >= 11 is 1.86. The first kappa shape index (κ1) is 34.2. The van der Waals surface area contributed by atoms with Crippen LogP contribution < -0.4 is 0 Å². The van der Waals surface area contributed by atoms with Gasteiger partial charge in [0.2, 0.25) is 0 Å². The van der Waals surface area contributed by atoms with E-state index in [0.29, 0.717) is 0 Å². The van der Waals surface area contributed by atoms with Crippen molar-refractivity contribution < 1.29 is 0 Å². The van der Waals surface area contributed by atoms with Gasteiger partial charge >= 0.3 is 0 Å². The topological polar surface area (TPSA) is 25.8 Å². The number of aromatic nitrogens is 2. The van der Waals surface area contributed by atoms with Crippen LogP contribution in [-0.2, 0) is 0 Å². The first-order chi connectivity index (χ1) is 30.2. The summed E-state index contributed by atoms with van der Waals surface area (Å²) in [6.45, 7) is 0. The molecular formula is C58H34N2S. The lowest BCUT2D eigenvalue weighted by Gasteiger charge is -2.15. The number of thiophene rings is 1. The molecule has 13 rings (SSSR count). The van der Waals surface area contributed by atoms with Gasteiger partial charge in [0.1, 0.15) is 0 Å². The summed E-state index contributed by atoms with van der Waals surface area (Å²) in [6, 6.07) is 74.9. The maximum Gasteiger partial charge on any atom is 0.160 e. The second-order valence-electron chi connectivity index (χ2n) is 16.0. The van der Waals surface area contributed by atoms with Crippen LogP contribution in [0, 0.1) is 0 Å². The number of rotatable bonds is 4. The van der Waals surface area contributed by atoms with Gasteiger partial charge in [-0.3, -0.25) is 0 Å². The number of hydrogen-bond acceptors (Lipinski definition) is 3. The van der Waals surface area contributed by atoms with E-state index in [2.05, 4.69) is 206 Å². The molecule has 61 heavy (non-hydrogen) atoms. The molecule has 2 heterocycles. The second-order valence-corrected chi connectivity index (χ2v) is 17.1. The summed E-state index contributed by atoms with van der Waals surface area (Å²) in [6.07, 6.45) is 0. The van der Waals surface area contributed by atoms with Crippen molar-refractivity contribution in [3.8, 4) is 44.9 Å². The van der Waals surface area contributed by atoms with Crippen LogP contribution in [0.2, 0.25) is 0 Å². The lowest BCUT2D eigenvalue weighted by molar-refractivity contribution is 1.24. The Hall–Kier alpha value is -7.72. The van der Waals surface area contributed by atoms with Crippen LogP contribution in [0.1, 0.15) is 0 Å². The minimum atomic E-state index is 0.724. The van der Waals surface area contributed by atoms with Crippen molar-refractivity contribution in [2.24, 2.45) is 0 Å². The zero-order valence-corrected chi connectivity index (χ0v) is 33.7. The Labute approximate surface area is 355 Å². The van der Waals surface area contributed by atoms with Gasteiger partial charge < -0.3 is 0 Å². The molecule has 0 N–H and O–H groups in total. The lowest BCUT2D eigenvalue weighted by Crippen LogP contribution is -1.97. The largest absolute Gasteiger partial charge is 0.227 e. The van der Waals surface area contributed by atoms with E-state index in [9.17, 15) is 0 Å². The Morgan fingerprint density at radius 1 is 0.262 bits per heavy atom. The maximum atomic E-state index is 5.53. The molecule has 3 heteroatoms. The highest BCUT2D eigenvalue weighted by Gasteiger charge is 2.19. The van der Waals surface area contributed by atoms with E-state index in [4.69, 9.17) is 9.97 Å². The third-order valence-corrected chi connectivity index (χ3v) is 13.8. The highest BCUT2D eigenvalue weighted by molar-refractivity contribution is 7.25. The van der Waals surface area contributed by atoms with Gasteiger partial charge in [-0.05, 0) is 101 Å². The predicted molar refractivity (Wildman–Crippen MR) is 262 cm³/mol. The van der Waals surface area contributed by atoms with Crippen molar-refractivity contribution in [1.82, 2.24) is 9.97 Å². The molecule has 282 valence electrons. The number of nitrogens with zero attached hydrogens (tertiary/aromatic N) is 2. The number of fused-ring (bicyclic) bond motifs is 15. The van der Waals surface area contributed by atoms with Gasteiger partial charge in [-0.1, -0.05) is 176 Å². The second kappa shape index (κ2) is 13.4. The maximum absolute atomic E-state index is 5.53. The first-order valence-electron chi connectivity index (χ1n) is 20.8. The van der Waals surface area contributed by atoms with Crippen molar-refractivity contribution in [3.05, 3.63) is 206 Å². The first-order valence-corrected chi connectivity index (χ1v) is 21.6. The molecule has 0 fully saturated rings. The summed E-state index contributed by atoms with van der Waals surface area (Å²) in [5.41, 5.74) is 8.75. The molecule has 0 amide bonds. The Kier molecular flexibility index (Phi) is 7.51. The van der Waals surface area contributed by atoms with Crippen molar-refractivity contribution in [1.29, 1.82) is 0 Å². The Bertz CT molecular complexity index is 3900. The van der Waals surface area contributed by atoms with Gasteiger partial charge in [-0.2, -0.15) is 0 Å². The molecule has 13 aromatic rings. The average Bonchev–Trinajstić information content (AvgIpc) is 3.70. The molecule has 2 aromatic heterocycles. The Balaban J connectivity index is 1.01. The van der Waals surface area contributed by atoms with Crippen LogP contribution in [0.3, 0.4) is 0 Å². The van der Waals surface area contributed by atoms with Crippen LogP contribution in [-0.4, -0.2) is 9.97 Å². The minimum Gasteiger partial charge on any atom is -0.227 e. The normalized spacial score (nSPS) is 11.9. The van der Waals surface area contributed by atoms with Crippen molar-refractivity contribution in [3.63, 3.8) is 0 Å². The fraction of sp³-hybridized carbons (Fsp3) is 0. The molecule has 0 unspecified atom stereocenters. The highest BCUT2D eigenvalue weighted by atomic mass is 32.1. The quantitative estimate of drug-likeness (QED) is 0.166. The summed E-state index contributed by atoms with van der Waals surface area (Å²) in [5, 5.41) is 16.0. The molecule has 0 bridgehead atoms. The van der Waals surface area contributed by atoms with Gasteiger partial charge in [-0.15, -0.1) is 11.3 Å². The fourth-order valence-corrected chi connectivity index (χ4v) is 10.8. The Morgan fingerprint density at radius 2 is 0.689 bits per heavy atom. The third kappa shape index (κ3) is 5.34. The summed E-state index contributed by atoms with van der Waals surface area (Å²) in [7, 11) is 0. The third-order valence-electron chi connectivity index (χ3n) is 12.7. The summed E-state index contributed by atoms with van der Waals surface area (Å²) in [4.78, 5) is 11.0. The SMILES string of the molecule is c1ccc(-c2ccc(-c3ccc(-c4nc(-c5ccc6sc7cc8c9ccccc9c9ccccc9c8cc7c6c5)nc5c6ccccc6c6ccccc6c45)cc3)cc2)cc1. The monoisotopic (exact) mass is 790 g/mol. The predicted octanol–water partition coefficient (Wildman–Crippen LogP) is 16.4. The van der Waals surface area contributed by atoms with Gasteiger partial charge in [-0.25, -0.2) is 9.97 Å². The fourth-order valence-electron chi connectivity index (χ4n) is 9.73. The van der Waals surface area contributed by atoms with Crippen LogP contribution in [0.4, 0.5) is 0 Å². The van der Waals surface area contributed by atoms with E-state index < -0.39 is 0 Å². The van der Waals surface area contributed by atoms with Crippen molar-refractivity contribution in [2.75, 3.05) is 0 Å². The molecule has 0 saturated heterocycles. The number of benzene rings is 11. The van der Waals surface area contributed by atoms with E-state index in [1.165, 1.54) is 85.5 Å². The summed E-state index contributed by atoms with van der Waals surface area (Å²) < 4.78 is 2.54. The molecular weight excluding hydrogens is 757 g/mol. The molecule has 0 aliphatic carbocycles. The van der Waals surface area contributed by atoms with Crippen molar-refractivity contribution >= 4 is 96.3 Å². The molecule has 11 aromatic carbocycles. The zero-order valence-electron chi connectivity index (χ0n) is 32.9. The lowest BCUT2D eigenvalue weighted by atomic mass is 9.93. The van der Waals surface area contributed by atoms with E-state index in [0.717, 1.165) is 44.3 Å². The van der Waals surface area contributed by atoms with E-state index >= 15 is 0 Å². The molecule has 0 aliphatic rings. The van der Waals surface area contributed by atoms with E-state index in [-0.39, 0.29) is 0 Å². The summed E-state index contributed by atoms with van der Waals surface area (Å²) in [5.74, 6) is 0.724.